The molecule has 1 atom stereocenters. The van der Waals surface area contributed by atoms with Crippen molar-refractivity contribution in [2.45, 2.75) is 19.0 Å². The number of ether oxygens (including phenoxy) is 2. The quantitative estimate of drug-likeness (QED) is 0.434. The van der Waals surface area contributed by atoms with E-state index in [0.717, 1.165) is 29.0 Å². The largest absolute Gasteiger partial charge is 0.496 e. The van der Waals surface area contributed by atoms with E-state index in [1.54, 1.807) is 19.5 Å². The van der Waals surface area contributed by atoms with Gasteiger partial charge in [0.1, 0.15) is 11.5 Å². The summed E-state index contributed by atoms with van der Waals surface area (Å²) in [6.07, 6.45) is 4.27. The molecule has 1 aromatic heterocycles. The summed E-state index contributed by atoms with van der Waals surface area (Å²) >= 11 is 0. The molecule has 2 heterocycles. The summed E-state index contributed by atoms with van der Waals surface area (Å²) in [4.78, 5) is 8.48. The molecule has 128 valence electrons. The summed E-state index contributed by atoms with van der Waals surface area (Å²) in [6, 6.07) is 9.90. The van der Waals surface area contributed by atoms with E-state index in [4.69, 9.17) is 15.2 Å². The van der Waals surface area contributed by atoms with Crippen LogP contribution in [0.3, 0.4) is 0 Å². The third-order valence-corrected chi connectivity index (χ3v) is 3.78. The Hall–Kier alpha value is -2.03. The number of nitrogens with two attached hydrogens (primary N) is 1. The number of aliphatic imine (C=N–C) groups is 1. The first-order valence-corrected chi connectivity index (χ1v) is 7.53. The van der Waals surface area contributed by atoms with Crippen LogP contribution in [0.4, 0.5) is 0 Å². The van der Waals surface area contributed by atoms with Gasteiger partial charge in [0.05, 0.1) is 26.3 Å². The summed E-state index contributed by atoms with van der Waals surface area (Å²) in [6.45, 7) is 1.08. The van der Waals surface area contributed by atoms with Crippen LogP contribution in [0.15, 0.2) is 47.7 Å². The molecule has 0 radical (unpaired) electrons. The molecule has 1 unspecified atom stereocenters. The van der Waals surface area contributed by atoms with Crippen LogP contribution in [-0.4, -0.2) is 24.7 Å². The maximum Gasteiger partial charge on any atom is 0.189 e. The first-order valence-electron chi connectivity index (χ1n) is 7.53. The predicted molar refractivity (Wildman–Crippen MR) is 104 cm³/mol. The van der Waals surface area contributed by atoms with Crippen molar-refractivity contribution in [1.82, 2.24) is 10.3 Å². The highest BCUT2D eigenvalue weighted by Crippen LogP contribution is 2.31. The number of rotatable bonds is 4. The molecule has 0 aliphatic carbocycles. The summed E-state index contributed by atoms with van der Waals surface area (Å²) in [7, 11) is 1.63. The van der Waals surface area contributed by atoms with Gasteiger partial charge in [-0.15, -0.1) is 24.0 Å². The van der Waals surface area contributed by atoms with E-state index in [1.807, 2.05) is 30.3 Å². The summed E-state index contributed by atoms with van der Waals surface area (Å²) in [5.41, 5.74) is 8.04. The smallest absolute Gasteiger partial charge is 0.189 e. The number of halogens is 1. The van der Waals surface area contributed by atoms with Gasteiger partial charge in [0, 0.05) is 29.9 Å². The number of hydrogen-bond acceptors (Lipinski definition) is 4. The first kappa shape index (κ1) is 18.3. The Morgan fingerprint density at radius 1 is 1.42 bits per heavy atom. The highest BCUT2D eigenvalue weighted by molar-refractivity contribution is 14.0. The molecule has 1 aliphatic rings. The minimum atomic E-state index is 0. The Kier molecular flexibility index (Phi) is 6.65. The number of benzene rings is 1. The van der Waals surface area contributed by atoms with Gasteiger partial charge in [0.15, 0.2) is 5.96 Å². The van der Waals surface area contributed by atoms with Crippen molar-refractivity contribution < 1.29 is 9.47 Å². The number of fused-ring (bicyclic) bond motifs is 1. The average Bonchev–Trinajstić information content (AvgIpc) is 2.60. The van der Waals surface area contributed by atoms with Crippen LogP contribution in [0.5, 0.6) is 11.5 Å². The molecule has 1 aromatic carbocycles. The number of methoxy groups -OCH3 is 1. The SMILES string of the molecule is COc1ccncc1CN=C(N)NC1CCOc2ccccc21.I. The second-order valence-electron chi connectivity index (χ2n) is 5.26. The highest BCUT2D eigenvalue weighted by Gasteiger charge is 2.21. The fourth-order valence-corrected chi connectivity index (χ4v) is 2.62. The summed E-state index contributed by atoms with van der Waals surface area (Å²) in [5, 5.41) is 3.27. The van der Waals surface area contributed by atoms with E-state index in [-0.39, 0.29) is 30.0 Å². The molecule has 3 N–H and O–H groups in total. The maximum absolute atomic E-state index is 6.04. The molecular weight excluding hydrogens is 419 g/mol. The first-order chi connectivity index (χ1) is 11.3. The molecule has 1 aliphatic heterocycles. The number of hydrogen-bond donors (Lipinski definition) is 2. The summed E-state index contributed by atoms with van der Waals surface area (Å²) in [5.74, 6) is 2.06. The van der Waals surface area contributed by atoms with Gasteiger partial charge in [-0.3, -0.25) is 4.98 Å². The van der Waals surface area contributed by atoms with Gasteiger partial charge in [-0.2, -0.15) is 0 Å². The van der Waals surface area contributed by atoms with Crippen LogP contribution in [0.1, 0.15) is 23.6 Å². The molecule has 6 nitrogen and oxygen atoms in total. The minimum absolute atomic E-state index is 0. The molecule has 0 amide bonds. The molecule has 0 saturated carbocycles. The van der Waals surface area contributed by atoms with Gasteiger partial charge in [-0.25, -0.2) is 4.99 Å². The highest BCUT2D eigenvalue weighted by atomic mass is 127. The van der Waals surface area contributed by atoms with E-state index < -0.39 is 0 Å². The lowest BCUT2D eigenvalue weighted by atomic mass is 10.0. The second kappa shape index (κ2) is 8.72. The van der Waals surface area contributed by atoms with Gasteiger partial charge in [0.2, 0.25) is 0 Å². The molecule has 3 rings (SSSR count). The molecule has 0 fully saturated rings. The van der Waals surface area contributed by atoms with Crippen molar-refractivity contribution in [2.75, 3.05) is 13.7 Å². The lowest BCUT2D eigenvalue weighted by molar-refractivity contribution is 0.262. The van der Waals surface area contributed by atoms with Crippen molar-refractivity contribution >= 4 is 29.9 Å². The molecule has 7 heteroatoms. The number of para-hydroxylation sites is 1. The Balaban J connectivity index is 0.00000208. The topological polar surface area (TPSA) is 81.8 Å². The number of guanidine groups is 1. The van der Waals surface area contributed by atoms with Gasteiger partial charge >= 0.3 is 0 Å². The molecule has 0 spiro atoms. The lowest BCUT2D eigenvalue weighted by Crippen LogP contribution is -2.37. The van der Waals surface area contributed by atoms with E-state index in [0.29, 0.717) is 19.1 Å². The van der Waals surface area contributed by atoms with Gasteiger partial charge in [-0.1, -0.05) is 18.2 Å². The third-order valence-electron chi connectivity index (χ3n) is 3.78. The lowest BCUT2D eigenvalue weighted by Gasteiger charge is -2.26. The second-order valence-corrected chi connectivity index (χ2v) is 5.26. The average molecular weight is 440 g/mol. The van der Waals surface area contributed by atoms with Crippen LogP contribution in [0.25, 0.3) is 0 Å². The summed E-state index contributed by atoms with van der Waals surface area (Å²) < 4.78 is 10.9. The maximum atomic E-state index is 6.04. The van der Waals surface area contributed by atoms with Crippen LogP contribution in [-0.2, 0) is 6.54 Å². The fraction of sp³-hybridized carbons (Fsp3) is 0.294. The van der Waals surface area contributed by atoms with Crippen LogP contribution >= 0.6 is 24.0 Å². The monoisotopic (exact) mass is 440 g/mol. The predicted octanol–water partition coefficient (Wildman–Crippen LogP) is 2.64. The van der Waals surface area contributed by atoms with Gasteiger partial charge < -0.3 is 20.5 Å². The van der Waals surface area contributed by atoms with E-state index in [1.165, 1.54) is 0 Å². The van der Waals surface area contributed by atoms with Crippen LogP contribution < -0.4 is 20.5 Å². The number of nitrogens with one attached hydrogen (secondary N) is 1. The van der Waals surface area contributed by atoms with Crippen molar-refractivity contribution in [3.63, 3.8) is 0 Å². The van der Waals surface area contributed by atoms with E-state index >= 15 is 0 Å². The van der Waals surface area contributed by atoms with E-state index in [9.17, 15) is 0 Å². The normalized spacial score (nSPS) is 16.4. The van der Waals surface area contributed by atoms with Crippen LogP contribution in [0.2, 0.25) is 0 Å². The Bertz CT molecular complexity index is 708. The Morgan fingerprint density at radius 3 is 3.08 bits per heavy atom. The zero-order valence-corrected chi connectivity index (χ0v) is 15.8. The minimum Gasteiger partial charge on any atom is -0.496 e. The number of aromatic nitrogens is 1. The zero-order valence-electron chi connectivity index (χ0n) is 13.4. The molecule has 0 bridgehead atoms. The molecule has 0 saturated heterocycles. The zero-order chi connectivity index (χ0) is 16.1. The van der Waals surface area contributed by atoms with Crippen LogP contribution in [0, 0.1) is 0 Å². The van der Waals surface area contributed by atoms with Crippen molar-refractivity contribution in [3.8, 4) is 11.5 Å². The Morgan fingerprint density at radius 2 is 2.25 bits per heavy atom. The van der Waals surface area contributed by atoms with Crippen molar-refractivity contribution in [2.24, 2.45) is 10.7 Å². The number of nitrogens with zero attached hydrogens (tertiary/aromatic N) is 2. The van der Waals surface area contributed by atoms with Crippen molar-refractivity contribution in [3.05, 3.63) is 53.9 Å². The van der Waals surface area contributed by atoms with Gasteiger partial charge in [0.25, 0.3) is 0 Å². The van der Waals surface area contributed by atoms with Gasteiger partial charge in [-0.05, 0) is 12.1 Å². The third kappa shape index (κ3) is 4.28. The Labute approximate surface area is 158 Å². The standard InChI is InChI=1S/C17H20N4O2.HI/c1-22-15-6-8-19-10-12(15)11-20-17(18)21-14-7-9-23-16-5-3-2-4-13(14)16;/h2-6,8,10,14H,7,9,11H2,1H3,(H3,18,20,21);1H. The van der Waals surface area contributed by atoms with E-state index in [2.05, 4.69) is 15.3 Å². The molecular formula is C17H21IN4O2. The molecule has 2 aromatic rings. The van der Waals surface area contributed by atoms with Crippen molar-refractivity contribution in [1.29, 1.82) is 0 Å². The molecule has 24 heavy (non-hydrogen) atoms. The fourth-order valence-electron chi connectivity index (χ4n) is 2.62. The number of pyridine rings is 1.